The maximum absolute atomic E-state index is 10.1. The highest BCUT2D eigenvalue weighted by Gasteiger charge is 2.13. The van der Waals surface area contributed by atoms with Gasteiger partial charge in [0.25, 0.3) is 0 Å². The van der Waals surface area contributed by atoms with Crippen molar-refractivity contribution in [3.63, 3.8) is 0 Å². The van der Waals surface area contributed by atoms with E-state index in [1.807, 2.05) is 13.1 Å². The van der Waals surface area contributed by atoms with Crippen LogP contribution in [0.1, 0.15) is 30.1 Å². The van der Waals surface area contributed by atoms with E-state index >= 15 is 0 Å². The van der Waals surface area contributed by atoms with Crippen molar-refractivity contribution in [1.29, 1.82) is 0 Å². The molecule has 0 bridgehead atoms. The van der Waals surface area contributed by atoms with Gasteiger partial charge in [-0.3, -0.25) is 4.68 Å². The number of aromatic nitrogens is 4. The number of aryl methyl sites for hydroxylation is 2. The number of aliphatic hydroxyl groups excluding tert-OH is 1. The van der Waals surface area contributed by atoms with Crippen molar-refractivity contribution in [1.82, 2.24) is 19.7 Å². The van der Waals surface area contributed by atoms with Crippen LogP contribution in [0.4, 0.5) is 0 Å². The minimum atomic E-state index is -0.734. The molecule has 1 unspecified atom stereocenters. The van der Waals surface area contributed by atoms with E-state index in [-0.39, 0.29) is 0 Å². The summed E-state index contributed by atoms with van der Waals surface area (Å²) in [6.07, 6.45) is 4.39. The van der Waals surface area contributed by atoms with E-state index in [9.17, 15) is 5.11 Å². The van der Waals surface area contributed by atoms with Crippen molar-refractivity contribution in [2.24, 2.45) is 0 Å². The molecule has 0 amide bonds. The molecule has 0 radical (unpaired) electrons. The molecular formula is C11H14N4O. The van der Waals surface area contributed by atoms with Gasteiger partial charge in [0, 0.05) is 24.5 Å². The number of hydrogen-bond acceptors (Lipinski definition) is 4. The molecule has 1 N–H and O–H groups in total. The smallest absolute Gasteiger partial charge is 0.125 e. The van der Waals surface area contributed by atoms with Gasteiger partial charge in [-0.2, -0.15) is 5.10 Å². The molecule has 2 aromatic rings. The zero-order valence-electron chi connectivity index (χ0n) is 9.33. The lowest BCUT2D eigenvalue weighted by Gasteiger charge is -2.07. The Morgan fingerprint density at radius 1 is 1.50 bits per heavy atom. The first-order valence-corrected chi connectivity index (χ1v) is 5.20. The molecular weight excluding hydrogens is 204 g/mol. The summed E-state index contributed by atoms with van der Waals surface area (Å²) in [5.41, 5.74) is 1.35. The maximum atomic E-state index is 10.1. The standard InChI is InChI=1S/C11H14N4O/c1-3-15-7-9(6-13-15)11(16)10-4-5-12-8(2)14-10/h4-7,11,16H,3H2,1-2H3. The van der Waals surface area contributed by atoms with Gasteiger partial charge in [0.2, 0.25) is 0 Å². The molecule has 0 aliphatic rings. The molecule has 0 saturated carbocycles. The lowest BCUT2D eigenvalue weighted by Crippen LogP contribution is -2.03. The fourth-order valence-electron chi connectivity index (χ4n) is 1.49. The normalized spacial score (nSPS) is 12.7. The molecule has 2 heterocycles. The molecule has 84 valence electrons. The monoisotopic (exact) mass is 218 g/mol. The molecule has 5 heteroatoms. The van der Waals surface area contributed by atoms with Crippen LogP contribution in [0.2, 0.25) is 0 Å². The van der Waals surface area contributed by atoms with E-state index < -0.39 is 6.10 Å². The Hall–Kier alpha value is -1.75. The van der Waals surface area contributed by atoms with Crippen molar-refractivity contribution in [3.05, 3.63) is 41.7 Å². The summed E-state index contributed by atoms with van der Waals surface area (Å²) in [6, 6.07) is 1.71. The van der Waals surface area contributed by atoms with Gasteiger partial charge in [0.05, 0.1) is 11.9 Å². The van der Waals surface area contributed by atoms with Crippen molar-refractivity contribution < 1.29 is 5.11 Å². The van der Waals surface area contributed by atoms with Gasteiger partial charge in [-0.1, -0.05) is 0 Å². The molecule has 5 nitrogen and oxygen atoms in total. The van der Waals surface area contributed by atoms with Gasteiger partial charge in [0.1, 0.15) is 11.9 Å². The molecule has 0 aliphatic heterocycles. The van der Waals surface area contributed by atoms with Gasteiger partial charge in [0.15, 0.2) is 0 Å². The summed E-state index contributed by atoms with van der Waals surface area (Å²) < 4.78 is 1.77. The van der Waals surface area contributed by atoms with E-state index in [0.29, 0.717) is 11.5 Å². The molecule has 2 aromatic heterocycles. The number of rotatable bonds is 3. The third-order valence-corrected chi connectivity index (χ3v) is 2.37. The van der Waals surface area contributed by atoms with E-state index in [2.05, 4.69) is 15.1 Å². The SMILES string of the molecule is CCn1cc(C(O)c2ccnc(C)n2)cn1. The van der Waals surface area contributed by atoms with Crippen LogP contribution in [-0.2, 0) is 6.54 Å². The number of aliphatic hydroxyl groups is 1. The fraction of sp³-hybridized carbons (Fsp3) is 0.364. The average molecular weight is 218 g/mol. The minimum Gasteiger partial charge on any atom is -0.382 e. The Kier molecular flexibility index (Phi) is 2.96. The predicted octanol–water partition coefficient (Wildman–Crippen LogP) is 1.08. The van der Waals surface area contributed by atoms with E-state index in [0.717, 1.165) is 12.1 Å². The lowest BCUT2D eigenvalue weighted by molar-refractivity contribution is 0.214. The lowest BCUT2D eigenvalue weighted by atomic mass is 10.1. The van der Waals surface area contributed by atoms with Crippen molar-refractivity contribution in [2.45, 2.75) is 26.5 Å². The van der Waals surface area contributed by atoms with Crippen LogP contribution in [0, 0.1) is 6.92 Å². The van der Waals surface area contributed by atoms with Crippen LogP contribution in [0.15, 0.2) is 24.7 Å². The summed E-state index contributed by atoms with van der Waals surface area (Å²) in [7, 11) is 0. The number of hydrogen-bond donors (Lipinski definition) is 1. The molecule has 0 fully saturated rings. The summed E-state index contributed by atoms with van der Waals surface area (Å²) >= 11 is 0. The maximum Gasteiger partial charge on any atom is 0.125 e. The zero-order chi connectivity index (χ0) is 11.5. The molecule has 0 saturated heterocycles. The Bertz CT molecular complexity index is 480. The van der Waals surface area contributed by atoms with Gasteiger partial charge >= 0.3 is 0 Å². The van der Waals surface area contributed by atoms with Gasteiger partial charge in [-0.25, -0.2) is 9.97 Å². The third-order valence-electron chi connectivity index (χ3n) is 2.37. The highest BCUT2D eigenvalue weighted by atomic mass is 16.3. The molecule has 1 atom stereocenters. The summed E-state index contributed by atoms with van der Waals surface area (Å²) in [6.45, 7) is 4.58. The van der Waals surface area contributed by atoms with Crippen LogP contribution in [0.3, 0.4) is 0 Å². The van der Waals surface area contributed by atoms with Crippen LogP contribution in [-0.4, -0.2) is 24.9 Å². The summed E-state index contributed by atoms with van der Waals surface area (Å²) in [5.74, 6) is 0.652. The Morgan fingerprint density at radius 2 is 2.31 bits per heavy atom. The summed E-state index contributed by atoms with van der Waals surface area (Å²) in [4.78, 5) is 8.18. The first-order valence-electron chi connectivity index (χ1n) is 5.20. The Labute approximate surface area is 93.8 Å². The first-order chi connectivity index (χ1) is 7.70. The quantitative estimate of drug-likeness (QED) is 0.837. The van der Waals surface area contributed by atoms with Crippen molar-refractivity contribution in [2.75, 3.05) is 0 Å². The molecule has 0 spiro atoms. The second-order valence-corrected chi connectivity index (χ2v) is 3.56. The second kappa shape index (κ2) is 4.40. The molecule has 2 rings (SSSR count). The first kappa shape index (κ1) is 10.8. The third kappa shape index (κ3) is 2.09. The number of nitrogens with zero attached hydrogens (tertiary/aromatic N) is 4. The largest absolute Gasteiger partial charge is 0.382 e. The fourth-order valence-corrected chi connectivity index (χ4v) is 1.49. The Morgan fingerprint density at radius 3 is 2.94 bits per heavy atom. The second-order valence-electron chi connectivity index (χ2n) is 3.56. The van der Waals surface area contributed by atoms with Crippen LogP contribution in [0.5, 0.6) is 0 Å². The molecule has 16 heavy (non-hydrogen) atoms. The Balaban J connectivity index is 2.27. The van der Waals surface area contributed by atoms with Crippen LogP contribution in [0.25, 0.3) is 0 Å². The topological polar surface area (TPSA) is 63.8 Å². The van der Waals surface area contributed by atoms with Crippen molar-refractivity contribution >= 4 is 0 Å². The van der Waals surface area contributed by atoms with Gasteiger partial charge < -0.3 is 5.11 Å². The van der Waals surface area contributed by atoms with Crippen LogP contribution < -0.4 is 0 Å². The van der Waals surface area contributed by atoms with Crippen molar-refractivity contribution in [3.8, 4) is 0 Å². The van der Waals surface area contributed by atoms with E-state index in [1.54, 1.807) is 30.1 Å². The predicted molar refractivity (Wildman–Crippen MR) is 58.7 cm³/mol. The van der Waals surface area contributed by atoms with Gasteiger partial charge in [-0.05, 0) is 19.9 Å². The molecule has 0 aliphatic carbocycles. The zero-order valence-corrected chi connectivity index (χ0v) is 9.33. The van der Waals surface area contributed by atoms with E-state index in [4.69, 9.17) is 0 Å². The average Bonchev–Trinajstić information content (AvgIpc) is 2.76. The minimum absolute atomic E-state index is 0.600. The highest BCUT2D eigenvalue weighted by molar-refractivity contribution is 5.20. The van der Waals surface area contributed by atoms with Crippen LogP contribution >= 0.6 is 0 Å². The molecule has 0 aromatic carbocycles. The summed E-state index contributed by atoms with van der Waals surface area (Å²) in [5, 5.41) is 14.2. The van der Waals surface area contributed by atoms with E-state index in [1.165, 1.54) is 0 Å². The highest BCUT2D eigenvalue weighted by Crippen LogP contribution is 2.18. The van der Waals surface area contributed by atoms with Gasteiger partial charge in [-0.15, -0.1) is 0 Å².